The van der Waals surface area contributed by atoms with E-state index < -0.39 is 22.8 Å². The average Bonchev–Trinajstić information content (AvgIpc) is 3.06. The van der Waals surface area contributed by atoms with Crippen LogP contribution < -0.4 is 0 Å². The lowest BCUT2D eigenvalue weighted by molar-refractivity contribution is -0.151. The SMILES string of the molecule is CCCc1ccc(C(=O)N2C[C@@]3(C(=O)O)C[C@@]3(C(=O)O)C2)cc1. The van der Waals surface area contributed by atoms with Gasteiger partial charge in [0, 0.05) is 18.7 Å². The Morgan fingerprint density at radius 2 is 1.57 bits per heavy atom. The van der Waals surface area contributed by atoms with Crippen LogP contribution in [0.25, 0.3) is 0 Å². The number of aliphatic carboxylic acids is 2. The summed E-state index contributed by atoms with van der Waals surface area (Å²) in [4.78, 5) is 36.9. The predicted molar refractivity (Wildman–Crippen MR) is 81.1 cm³/mol. The van der Waals surface area contributed by atoms with E-state index in [-0.39, 0.29) is 25.4 Å². The van der Waals surface area contributed by atoms with Crippen molar-refractivity contribution in [3.63, 3.8) is 0 Å². The Kier molecular flexibility index (Phi) is 3.43. The Bertz CT molecular complexity index is 655. The van der Waals surface area contributed by atoms with Crippen LogP contribution in [0.4, 0.5) is 0 Å². The summed E-state index contributed by atoms with van der Waals surface area (Å²) in [6.07, 6.45) is 2.05. The second kappa shape index (κ2) is 5.08. The van der Waals surface area contributed by atoms with Crippen LogP contribution >= 0.6 is 0 Å². The van der Waals surface area contributed by atoms with Crippen LogP contribution in [0.5, 0.6) is 0 Å². The van der Waals surface area contributed by atoms with Gasteiger partial charge in [-0.2, -0.15) is 0 Å². The average molecular weight is 317 g/mol. The van der Waals surface area contributed by atoms with Crippen LogP contribution in [0.15, 0.2) is 24.3 Å². The van der Waals surface area contributed by atoms with Gasteiger partial charge in [0.1, 0.15) is 10.8 Å². The molecular weight excluding hydrogens is 298 g/mol. The molecule has 0 aromatic heterocycles. The Balaban J connectivity index is 1.80. The van der Waals surface area contributed by atoms with Crippen molar-refractivity contribution >= 4 is 17.8 Å². The summed E-state index contributed by atoms with van der Waals surface area (Å²) in [5.41, 5.74) is -1.04. The minimum absolute atomic E-state index is 0.0375. The minimum atomic E-state index is -1.32. The molecule has 2 aliphatic rings. The number of nitrogens with zero attached hydrogens (tertiary/aromatic N) is 1. The van der Waals surface area contributed by atoms with E-state index in [1.165, 1.54) is 4.90 Å². The van der Waals surface area contributed by atoms with Crippen LogP contribution in [0.2, 0.25) is 0 Å². The van der Waals surface area contributed by atoms with E-state index in [9.17, 15) is 24.6 Å². The Morgan fingerprint density at radius 1 is 1.04 bits per heavy atom. The zero-order valence-electron chi connectivity index (χ0n) is 12.9. The van der Waals surface area contributed by atoms with Gasteiger partial charge in [0.2, 0.25) is 0 Å². The molecule has 6 nitrogen and oxygen atoms in total. The Morgan fingerprint density at radius 3 is 2.00 bits per heavy atom. The molecule has 1 heterocycles. The summed E-state index contributed by atoms with van der Waals surface area (Å²) >= 11 is 0. The first kappa shape index (κ1) is 15.5. The quantitative estimate of drug-likeness (QED) is 0.861. The standard InChI is InChI=1S/C17H19NO5/c1-2-3-11-4-6-12(7-5-11)13(19)18-9-16(14(20)21)8-17(16,10-18)15(22)23/h4-7H,2-3,8-10H2,1H3,(H,20,21)(H,22,23)/t16-,17+. The molecule has 6 heteroatoms. The fourth-order valence-electron chi connectivity index (χ4n) is 3.72. The highest BCUT2D eigenvalue weighted by atomic mass is 16.4. The van der Waals surface area contributed by atoms with Gasteiger partial charge in [-0.15, -0.1) is 0 Å². The normalized spacial score (nSPS) is 28.3. The van der Waals surface area contributed by atoms with Gasteiger partial charge < -0.3 is 15.1 Å². The molecule has 2 atom stereocenters. The highest BCUT2D eigenvalue weighted by Crippen LogP contribution is 2.68. The third kappa shape index (κ3) is 2.12. The first-order valence-electron chi connectivity index (χ1n) is 7.71. The second-order valence-electron chi connectivity index (χ2n) is 6.56. The largest absolute Gasteiger partial charge is 0.481 e. The van der Waals surface area contributed by atoms with Crippen molar-refractivity contribution in [2.75, 3.05) is 13.1 Å². The summed E-state index contributed by atoms with van der Waals surface area (Å²) < 4.78 is 0. The molecule has 1 aliphatic heterocycles. The van der Waals surface area contributed by atoms with E-state index in [4.69, 9.17) is 0 Å². The van der Waals surface area contributed by atoms with Crippen molar-refractivity contribution in [1.82, 2.24) is 4.90 Å². The number of carboxylic acid groups (broad SMARTS) is 2. The van der Waals surface area contributed by atoms with Crippen molar-refractivity contribution < 1.29 is 24.6 Å². The fraction of sp³-hybridized carbons (Fsp3) is 0.471. The monoisotopic (exact) mass is 317 g/mol. The summed E-state index contributed by atoms with van der Waals surface area (Å²) in [5, 5.41) is 18.8. The summed E-state index contributed by atoms with van der Waals surface area (Å²) in [7, 11) is 0. The molecule has 1 aliphatic carbocycles. The maximum atomic E-state index is 12.6. The third-order valence-corrected chi connectivity index (χ3v) is 5.16. The van der Waals surface area contributed by atoms with E-state index in [0.29, 0.717) is 5.56 Å². The molecule has 1 aromatic carbocycles. The highest BCUT2D eigenvalue weighted by molar-refractivity contribution is 5.99. The summed E-state index contributed by atoms with van der Waals surface area (Å²) in [5.74, 6) is -2.57. The van der Waals surface area contributed by atoms with E-state index >= 15 is 0 Å². The molecular formula is C17H19NO5. The fourth-order valence-corrected chi connectivity index (χ4v) is 3.72. The summed E-state index contributed by atoms with van der Waals surface area (Å²) in [6, 6.07) is 7.21. The molecule has 23 heavy (non-hydrogen) atoms. The van der Waals surface area contributed by atoms with E-state index in [0.717, 1.165) is 18.4 Å². The van der Waals surface area contributed by atoms with Gasteiger partial charge in [-0.3, -0.25) is 14.4 Å². The number of amides is 1. The van der Waals surface area contributed by atoms with Gasteiger partial charge >= 0.3 is 11.9 Å². The topological polar surface area (TPSA) is 94.9 Å². The number of fused-ring (bicyclic) bond motifs is 1. The molecule has 2 fully saturated rings. The van der Waals surface area contributed by atoms with Crippen LogP contribution in [0.1, 0.15) is 35.7 Å². The van der Waals surface area contributed by atoms with Crippen LogP contribution in [0, 0.1) is 10.8 Å². The lowest BCUT2D eigenvalue weighted by Crippen LogP contribution is -2.34. The van der Waals surface area contributed by atoms with Gasteiger partial charge in [-0.05, 0) is 30.5 Å². The van der Waals surface area contributed by atoms with Gasteiger partial charge in [0.05, 0.1) is 0 Å². The zero-order chi connectivity index (χ0) is 16.8. The number of carbonyl (C=O) groups excluding carboxylic acids is 1. The van der Waals surface area contributed by atoms with Gasteiger partial charge in [0.25, 0.3) is 5.91 Å². The van der Waals surface area contributed by atoms with Gasteiger partial charge in [0.15, 0.2) is 0 Å². The minimum Gasteiger partial charge on any atom is -0.481 e. The second-order valence-corrected chi connectivity index (χ2v) is 6.56. The maximum Gasteiger partial charge on any atom is 0.312 e. The molecule has 0 unspecified atom stereocenters. The number of carbonyl (C=O) groups is 3. The Labute approximate surface area is 133 Å². The van der Waals surface area contributed by atoms with E-state index in [1.807, 2.05) is 12.1 Å². The van der Waals surface area contributed by atoms with Crippen molar-refractivity contribution in [2.45, 2.75) is 26.2 Å². The molecule has 0 radical (unpaired) electrons. The van der Waals surface area contributed by atoms with Crippen LogP contribution in [-0.4, -0.2) is 46.0 Å². The molecule has 1 saturated heterocycles. The number of benzene rings is 1. The van der Waals surface area contributed by atoms with E-state index in [1.54, 1.807) is 12.1 Å². The number of piperidine rings is 1. The number of aryl methyl sites for hydroxylation is 1. The number of hydrogen-bond donors (Lipinski definition) is 2. The summed E-state index contributed by atoms with van der Waals surface area (Å²) in [6.45, 7) is 2.00. The molecule has 2 N–H and O–H groups in total. The lowest BCUT2D eigenvalue weighted by Gasteiger charge is -2.20. The molecule has 0 spiro atoms. The Hall–Kier alpha value is -2.37. The molecule has 1 amide bonds. The number of likely N-dealkylation sites (tertiary alicyclic amines) is 1. The molecule has 0 bridgehead atoms. The van der Waals surface area contributed by atoms with Gasteiger partial charge in [-0.25, -0.2) is 0 Å². The number of carboxylic acids is 2. The molecule has 122 valence electrons. The first-order valence-corrected chi connectivity index (χ1v) is 7.71. The predicted octanol–water partition coefficient (Wildman–Crippen LogP) is 1.64. The van der Waals surface area contributed by atoms with Crippen LogP contribution in [-0.2, 0) is 16.0 Å². The van der Waals surface area contributed by atoms with Crippen LogP contribution in [0.3, 0.4) is 0 Å². The number of hydrogen-bond acceptors (Lipinski definition) is 3. The van der Waals surface area contributed by atoms with Crippen molar-refractivity contribution in [1.29, 1.82) is 0 Å². The molecule has 1 saturated carbocycles. The zero-order valence-corrected chi connectivity index (χ0v) is 12.9. The first-order chi connectivity index (χ1) is 10.9. The van der Waals surface area contributed by atoms with Gasteiger partial charge in [-0.1, -0.05) is 25.5 Å². The van der Waals surface area contributed by atoms with E-state index in [2.05, 4.69) is 6.92 Å². The van der Waals surface area contributed by atoms with Crippen molar-refractivity contribution in [3.05, 3.63) is 35.4 Å². The lowest BCUT2D eigenvalue weighted by atomic mass is 9.97. The highest BCUT2D eigenvalue weighted by Gasteiger charge is 2.81. The smallest absolute Gasteiger partial charge is 0.312 e. The maximum absolute atomic E-state index is 12.6. The number of rotatable bonds is 5. The van der Waals surface area contributed by atoms with Crippen molar-refractivity contribution in [3.8, 4) is 0 Å². The molecule has 3 rings (SSSR count). The third-order valence-electron chi connectivity index (χ3n) is 5.16. The van der Waals surface area contributed by atoms with Crippen molar-refractivity contribution in [2.24, 2.45) is 10.8 Å². The molecule has 1 aromatic rings.